The van der Waals surface area contributed by atoms with E-state index in [-0.39, 0.29) is 35.0 Å². The van der Waals surface area contributed by atoms with Crippen LogP contribution in [0.2, 0.25) is 0 Å². The maximum Gasteiger partial charge on any atom is 0.253 e. The standard InChI is InChI=1S/C19H29N3O4S.ClH/c1-14(2)21-27(24,25)17-12-15(4-5-16(17)26-3)18(23)22-10-7-19(8-11-22)6-9-20-13-19;/h4-5,12,14,20-21H,6-11,13H2,1-3H3;1H. The van der Waals surface area contributed by atoms with Crippen LogP contribution in [0.5, 0.6) is 5.75 Å². The predicted octanol–water partition coefficient (Wildman–Crippen LogP) is 2.02. The lowest BCUT2D eigenvalue weighted by Gasteiger charge is -2.39. The molecule has 1 aromatic carbocycles. The molecule has 2 aliphatic rings. The topological polar surface area (TPSA) is 87.7 Å². The van der Waals surface area contributed by atoms with E-state index in [0.717, 1.165) is 25.9 Å². The molecule has 2 saturated heterocycles. The molecular formula is C19H30ClN3O4S. The van der Waals surface area contributed by atoms with Crippen LogP contribution in [0.15, 0.2) is 23.1 Å². The van der Waals surface area contributed by atoms with Crippen molar-refractivity contribution in [1.82, 2.24) is 14.9 Å². The van der Waals surface area contributed by atoms with Crippen LogP contribution >= 0.6 is 12.4 Å². The average Bonchev–Trinajstić information content (AvgIpc) is 3.08. The fourth-order valence-electron chi connectivity index (χ4n) is 3.98. The highest BCUT2D eigenvalue weighted by molar-refractivity contribution is 7.89. The third kappa shape index (κ3) is 4.79. The van der Waals surface area contributed by atoms with E-state index in [1.165, 1.54) is 19.6 Å². The number of nitrogens with one attached hydrogen (secondary N) is 2. The summed E-state index contributed by atoms with van der Waals surface area (Å²) in [5.74, 6) is 0.105. The molecule has 158 valence electrons. The predicted molar refractivity (Wildman–Crippen MR) is 111 cm³/mol. The number of carbonyl (C=O) groups excluding carboxylic acids is 1. The Labute approximate surface area is 173 Å². The van der Waals surface area contributed by atoms with E-state index in [2.05, 4.69) is 10.0 Å². The van der Waals surface area contributed by atoms with Crippen LogP contribution in [0.1, 0.15) is 43.5 Å². The Kier molecular flexibility index (Phi) is 7.36. The Morgan fingerprint density at radius 1 is 1.25 bits per heavy atom. The van der Waals surface area contributed by atoms with Crippen LogP contribution in [-0.4, -0.2) is 58.6 Å². The van der Waals surface area contributed by atoms with Gasteiger partial charge in [-0.3, -0.25) is 4.79 Å². The summed E-state index contributed by atoms with van der Waals surface area (Å²) in [6.45, 7) is 7.00. The Morgan fingerprint density at radius 2 is 1.93 bits per heavy atom. The highest BCUT2D eigenvalue weighted by Crippen LogP contribution is 2.37. The highest BCUT2D eigenvalue weighted by Gasteiger charge is 2.38. The minimum Gasteiger partial charge on any atom is -0.495 e. The Bertz CT molecular complexity index is 797. The van der Waals surface area contributed by atoms with Crippen LogP contribution in [0.4, 0.5) is 0 Å². The zero-order chi connectivity index (χ0) is 19.7. The molecule has 0 atom stereocenters. The molecule has 9 heteroatoms. The summed E-state index contributed by atoms with van der Waals surface area (Å²) in [6, 6.07) is 4.36. The number of hydrogen-bond donors (Lipinski definition) is 2. The van der Waals surface area contributed by atoms with Crippen molar-refractivity contribution in [1.29, 1.82) is 0 Å². The van der Waals surface area contributed by atoms with Gasteiger partial charge in [-0.25, -0.2) is 13.1 Å². The van der Waals surface area contributed by atoms with E-state index in [1.807, 2.05) is 4.90 Å². The van der Waals surface area contributed by atoms with Crippen molar-refractivity contribution >= 4 is 28.3 Å². The lowest BCUT2D eigenvalue weighted by atomic mass is 9.78. The van der Waals surface area contributed by atoms with Gasteiger partial charge in [-0.15, -0.1) is 12.4 Å². The monoisotopic (exact) mass is 431 g/mol. The van der Waals surface area contributed by atoms with Crippen molar-refractivity contribution in [3.8, 4) is 5.75 Å². The molecule has 2 heterocycles. The normalized spacial score (nSPS) is 18.9. The van der Waals surface area contributed by atoms with Gasteiger partial charge in [-0.1, -0.05) is 0 Å². The van der Waals surface area contributed by atoms with E-state index in [0.29, 0.717) is 24.1 Å². The Balaban J connectivity index is 0.00000280. The van der Waals surface area contributed by atoms with E-state index in [4.69, 9.17) is 4.74 Å². The van der Waals surface area contributed by atoms with Crippen molar-refractivity contribution in [3.05, 3.63) is 23.8 Å². The molecule has 0 saturated carbocycles. The molecule has 28 heavy (non-hydrogen) atoms. The summed E-state index contributed by atoms with van der Waals surface area (Å²) in [6.07, 6.45) is 3.14. The fourth-order valence-corrected chi connectivity index (χ4v) is 5.43. The van der Waals surface area contributed by atoms with Gasteiger partial charge in [0.15, 0.2) is 0 Å². The van der Waals surface area contributed by atoms with E-state index >= 15 is 0 Å². The first-order chi connectivity index (χ1) is 12.8. The lowest BCUT2D eigenvalue weighted by Crippen LogP contribution is -2.44. The van der Waals surface area contributed by atoms with E-state index < -0.39 is 10.0 Å². The van der Waals surface area contributed by atoms with Gasteiger partial charge in [0.2, 0.25) is 10.0 Å². The summed E-state index contributed by atoms with van der Waals surface area (Å²) in [5, 5.41) is 3.42. The molecule has 0 aliphatic carbocycles. The molecule has 1 spiro atoms. The van der Waals surface area contributed by atoms with Gasteiger partial charge in [-0.05, 0) is 63.3 Å². The second-order valence-corrected chi connectivity index (χ2v) is 9.54. The van der Waals surface area contributed by atoms with Gasteiger partial charge in [-0.2, -0.15) is 0 Å². The van der Waals surface area contributed by atoms with Crippen molar-refractivity contribution < 1.29 is 17.9 Å². The van der Waals surface area contributed by atoms with E-state index in [9.17, 15) is 13.2 Å². The van der Waals surface area contributed by atoms with Crippen LogP contribution in [0.3, 0.4) is 0 Å². The number of methoxy groups -OCH3 is 1. The van der Waals surface area contributed by atoms with Crippen LogP contribution in [0, 0.1) is 5.41 Å². The number of amides is 1. The highest BCUT2D eigenvalue weighted by atomic mass is 35.5. The molecular weight excluding hydrogens is 402 g/mol. The molecule has 1 aromatic rings. The van der Waals surface area contributed by atoms with Gasteiger partial charge in [0.25, 0.3) is 5.91 Å². The van der Waals surface area contributed by atoms with E-state index in [1.54, 1.807) is 26.0 Å². The molecule has 0 bridgehead atoms. The van der Waals surface area contributed by atoms with Crippen molar-refractivity contribution in [2.45, 2.75) is 44.0 Å². The minimum atomic E-state index is -3.76. The van der Waals surface area contributed by atoms with Crippen molar-refractivity contribution in [2.75, 3.05) is 33.3 Å². The number of likely N-dealkylation sites (tertiary alicyclic amines) is 1. The van der Waals surface area contributed by atoms with Gasteiger partial charge in [0.05, 0.1) is 7.11 Å². The SMILES string of the molecule is COc1ccc(C(=O)N2CCC3(CCNC3)CC2)cc1S(=O)(=O)NC(C)C.Cl. The molecule has 2 N–H and O–H groups in total. The molecule has 2 aliphatic heterocycles. The number of nitrogens with zero attached hydrogens (tertiary/aromatic N) is 1. The molecule has 3 rings (SSSR count). The molecule has 7 nitrogen and oxygen atoms in total. The molecule has 0 radical (unpaired) electrons. The van der Waals surface area contributed by atoms with Gasteiger partial charge in [0, 0.05) is 31.2 Å². The van der Waals surface area contributed by atoms with Crippen molar-refractivity contribution in [3.63, 3.8) is 0 Å². The molecule has 0 unspecified atom stereocenters. The number of ether oxygens (including phenoxy) is 1. The second kappa shape index (κ2) is 8.98. The number of halogens is 1. The number of sulfonamides is 1. The first kappa shape index (κ1) is 22.9. The van der Waals surface area contributed by atoms with Gasteiger partial charge in [0.1, 0.15) is 10.6 Å². The summed E-state index contributed by atoms with van der Waals surface area (Å²) < 4.78 is 33.0. The summed E-state index contributed by atoms with van der Waals surface area (Å²) >= 11 is 0. The number of rotatable bonds is 5. The lowest BCUT2D eigenvalue weighted by molar-refractivity contribution is 0.0607. The Morgan fingerprint density at radius 3 is 2.46 bits per heavy atom. The quantitative estimate of drug-likeness (QED) is 0.744. The molecule has 0 aromatic heterocycles. The number of carbonyl (C=O) groups is 1. The largest absolute Gasteiger partial charge is 0.495 e. The smallest absolute Gasteiger partial charge is 0.253 e. The zero-order valence-electron chi connectivity index (χ0n) is 16.7. The summed E-state index contributed by atoms with van der Waals surface area (Å²) in [4.78, 5) is 14.8. The van der Waals surface area contributed by atoms with Gasteiger partial charge >= 0.3 is 0 Å². The Hall–Kier alpha value is -1.35. The first-order valence-corrected chi connectivity index (χ1v) is 11.0. The third-order valence-corrected chi connectivity index (χ3v) is 7.21. The third-order valence-electron chi connectivity index (χ3n) is 5.53. The molecule has 2 fully saturated rings. The fraction of sp³-hybridized carbons (Fsp3) is 0.632. The number of piperidine rings is 1. The minimum absolute atomic E-state index is 0. The van der Waals surface area contributed by atoms with Gasteiger partial charge < -0.3 is 15.0 Å². The van der Waals surface area contributed by atoms with Crippen molar-refractivity contribution in [2.24, 2.45) is 5.41 Å². The first-order valence-electron chi connectivity index (χ1n) is 9.47. The summed E-state index contributed by atoms with van der Waals surface area (Å²) in [7, 11) is -2.34. The second-order valence-electron chi connectivity index (χ2n) is 7.86. The van der Waals surface area contributed by atoms with Crippen LogP contribution in [-0.2, 0) is 10.0 Å². The maximum absolute atomic E-state index is 13.0. The maximum atomic E-state index is 13.0. The number of benzene rings is 1. The average molecular weight is 432 g/mol. The van der Waals surface area contributed by atoms with Crippen LogP contribution < -0.4 is 14.8 Å². The molecule has 1 amide bonds. The zero-order valence-corrected chi connectivity index (χ0v) is 18.3. The van der Waals surface area contributed by atoms with Crippen LogP contribution in [0.25, 0.3) is 0 Å². The number of hydrogen-bond acceptors (Lipinski definition) is 5. The summed E-state index contributed by atoms with van der Waals surface area (Å²) in [5.41, 5.74) is 0.701.